The standard InChI is InChI=1S/C6H5N3.C6H12/c7-9-8-6-4-2-1-3-5-6;1-2-4-6-5-3-1/h1-5H;1-6H2. The molecule has 0 spiro atoms. The van der Waals surface area contributed by atoms with Gasteiger partial charge in [-0.05, 0) is 5.53 Å². The van der Waals surface area contributed by atoms with Gasteiger partial charge < -0.3 is 0 Å². The fraction of sp³-hybridized carbons (Fsp3) is 0.500. The van der Waals surface area contributed by atoms with Crippen molar-refractivity contribution in [3.63, 3.8) is 0 Å². The van der Waals surface area contributed by atoms with Gasteiger partial charge in [-0.25, -0.2) is 0 Å². The van der Waals surface area contributed by atoms with Crippen molar-refractivity contribution in [2.24, 2.45) is 5.11 Å². The predicted molar refractivity (Wildman–Crippen MR) is 63.0 cm³/mol. The molecule has 1 aliphatic rings. The Kier molecular flexibility index (Phi) is 6.10. The summed E-state index contributed by atoms with van der Waals surface area (Å²) < 4.78 is 0. The molecule has 1 aliphatic carbocycles. The van der Waals surface area contributed by atoms with Gasteiger partial charge in [0.15, 0.2) is 0 Å². The summed E-state index contributed by atoms with van der Waals surface area (Å²) in [4.78, 5) is 2.63. The first-order valence-corrected chi connectivity index (χ1v) is 5.53. The SMILES string of the molecule is C1CCCCC1.[N-]=[N+]=Nc1ccccc1. The highest BCUT2D eigenvalue weighted by Gasteiger charge is 1.95. The van der Waals surface area contributed by atoms with Gasteiger partial charge in [0, 0.05) is 10.6 Å². The number of benzene rings is 1. The zero-order valence-electron chi connectivity index (χ0n) is 8.97. The topological polar surface area (TPSA) is 48.8 Å². The molecule has 0 unspecified atom stereocenters. The van der Waals surface area contributed by atoms with E-state index in [4.69, 9.17) is 5.53 Å². The van der Waals surface area contributed by atoms with E-state index in [1.54, 1.807) is 12.1 Å². The quantitative estimate of drug-likeness (QED) is 0.351. The molecule has 3 nitrogen and oxygen atoms in total. The second kappa shape index (κ2) is 7.89. The molecule has 0 N–H and O–H groups in total. The molecule has 3 heteroatoms. The number of rotatable bonds is 1. The third-order valence-electron chi connectivity index (χ3n) is 2.42. The van der Waals surface area contributed by atoms with Crippen LogP contribution in [0.3, 0.4) is 0 Å². The zero-order chi connectivity index (χ0) is 10.8. The van der Waals surface area contributed by atoms with Gasteiger partial charge in [0.05, 0.1) is 0 Å². The lowest BCUT2D eigenvalue weighted by atomic mass is 10.0. The van der Waals surface area contributed by atoms with Gasteiger partial charge in [-0.2, -0.15) is 0 Å². The van der Waals surface area contributed by atoms with Crippen LogP contribution >= 0.6 is 0 Å². The van der Waals surface area contributed by atoms with E-state index in [9.17, 15) is 0 Å². The molecule has 0 saturated heterocycles. The molecule has 1 aromatic carbocycles. The first kappa shape index (κ1) is 11.6. The number of hydrogen-bond acceptors (Lipinski definition) is 1. The molecule has 2 rings (SSSR count). The van der Waals surface area contributed by atoms with Crippen molar-refractivity contribution >= 4 is 5.69 Å². The highest BCUT2D eigenvalue weighted by atomic mass is 15.1. The van der Waals surface area contributed by atoms with Gasteiger partial charge >= 0.3 is 0 Å². The Morgan fingerprint density at radius 1 is 0.867 bits per heavy atom. The minimum Gasteiger partial charge on any atom is -0.0622 e. The Bertz CT molecular complexity index is 286. The van der Waals surface area contributed by atoms with Crippen LogP contribution in [-0.2, 0) is 0 Å². The van der Waals surface area contributed by atoms with Crippen LogP contribution in [0.4, 0.5) is 5.69 Å². The van der Waals surface area contributed by atoms with E-state index in [1.807, 2.05) is 18.2 Å². The predicted octanol–water partition coefficient (Wildman–Crippen LogP) is 4.97. The van der Waals surface area contributed by atoms with Gasteiger partial charge in [-0.15, -0.1) is 0 Å². The molecular formula is C12H17N3. The Morgan fingerprint density at radius 2 is 1.33 bits per heavy atom. The van der Waals surface area contributed by atoms with Crippen molar-refractivity contribution in [2.75, 3.05) is 0 Å². The lowest BCUT2D eigenvalue weighted by molar-refractivity contribution is 0.504. The van der Waals surface area contributed by atoms with Crippen LogP contribution in [0.25, 0.3) is 10.4 Å². The van der Waals surface area contributed by atoms with Crippen molar-refractivity contribution in [1.29, 1.82) is 0 Å². The second-order valence-corrected chi connectivity index (χ2v) is 3.65. The van der Waals surface area contributed by atoms with E-state index in [1.165, 1.54) is 38.5 Å². The Labute approximate surface area is 90.8 Å². The number of azide groups is 1. The maximum Gasteiger partial charge on any atom is 0.0375 e. The average molecular weight is 203 g/mol. The molecule has 1 fully saturated rings. The summed E-state index contributed by atoms with van der Waals surface area (Å²) in [5, 5.41) is 3.39. The minimum atomic E-state index is 0.653. The van der Waals surface area contributed by atoms with Crippen LogP contribution in [0.1, 0.15) is 38.5 Å². The maximum atomic E-state index is 7.98. The smallest absolute Gasteiger partial charge is 0.0375 e. The van der Waals surface area contributed by atoms with Crippen LogP contribution in [0, 0.1) is 0 Å². The van der Waals surface area contributed by atoms with Crippen molar-refractivity contribution in [2.45, 2.75) is 38.5 Å². The summed E-state index contributed by atoms with van der Waals surface area (Å²) in [6.45, 7) is 0. The van der Waals surface area contributed by atoms with E-state index in [0.29, 0.717) is 5.69 Å². The molecule has 0 heterocycles. The summed E-state index contributed by atoms with van der Waals surface area (Å²) in [5.74, 6) is 0. The fourth-order valence-electron chi connectivity index (χ4n) is 1.61. The van der Waals surface area contributed by atoms with E-state index < -0.39 is 0 Å². The highest BCUT2D eigenvalue weighted by Crippen LogP contribution is 2.15. The largest absolute Gasteiger partial charge is 0.0622 e. The average Bonchev–Trinajstić information content (AvgIpc) is 2.34. The molecule has 1 aromatic rings. The first-order valence-electron chi connectivity index (χ1n) is 5.53. The van der Waals surface area contributed by atoms with Gasteiger partial charge in [-0.3, -0.25) is 0 Å². The van der Waals surface area contributed by atoms with E-state index in [-0.39, 0.29) is 0 Å². The summed E-state index contributed by atoms with van der Waals surface area (Å²) >= 11 is 0. The molecule has 1 saturated carbocycles. The second-order valence-electron chi connectivity index (χ2n) is 3.65. The van der Waals surface area contributed by atoms with Gasteiger partial charge in [-0.1, -0.05) is 74.0 Å². The normalized spacial score (nSPS) is 14.4. The first-order chi connectivity index (χ1) is 7.43. The number of hydrogen-bond donors (Lipinski definition) is 0. The molecule has 0 amide bonds. The fourth-order valence-corrected chi connectivity index (χ4v) is 1.61. The van der Waals surface area contributed by atoms with Crippen LogP contribution in [0.15, 0.2) is 35.4 Å². The van der Waals surface area contributed by atoms with Gasteiger partial charge in [0.25, 0.3) is 0 Å². The van der Waals surface area contributed by atoms with Crippen molar-refractivity contribution in [3.8, 4) is 0 Å². The molecule has 0 atom stereocenters. The highest BCUT2D eigenvalue weighted by molar-refractivity contribution is 5.35. The van der Waals surface area contributed by atoms with Gasteiger partial charge in [0.2, 0.25) is 0 Å². The van der Waals surface area contributed by atoms with Crippen LogP contribution in [0.2, 0.25) is 0 Å². The summed E-state index contributed by atoms with van der Waals surface area (Å²) in [5.41, 5.74) is 8.63. The molecule has 15 heavy (non-hydrogen) atoms. The summed E-state index contributed by atoms with van der Waals surface area (Å²) in [6, 6.07) is 9.02. The lowest BCUT2D eigenvalue weighted by Gasteiger charge is -2.05. The van der Waals surface area contributed by atoms with Crippen molar-refractivity contribution in [3.05, 3.63) is 40.8 Å². The monoisotopic (exact) mass is 203 g/mol. The van der Waals surface area contributed by atoms with Crippen LogP contribution < -0.4 is 0 Å². The third kappa shape index (κ3) is 5.76. The molecule has 80 valence electrons. The summed E-state index contributed by atoms with van der Waals surface area (Å²) in [7, 11) is 0. The van der Waals surface area contributed by atoms with Crippen LogP contribution in [-0.4, -0.2) is 0 Å². The maximum absolute atomic E-state index is 7.98. The Morgan fingerprint density at radius 3 is 1.73 bits per heavy atom. The summed E-state index contributed by atoms with van der Waals surface area (Å²) in [6.07, 6.45) is 9.00. The molecular weight excluding hydrogens is 186 g/mol. The third-order valence-corrected chi connectivity index (χ3v) is 2.42. The van der Waals surface area contributed by atoms with E-state index in [2.05, 4.69) is 10.0 Å². The Balaban J connectivity index is 0.000000162. The molecule has 0 aromatic heterocycles. The van der Waals surface area contributed by atoms with E-state index in [0.717, 1.165) is 0 Å². The van der Waals surface area contributed by atoms with E-state index >= 15 is 0 Å². The number of nitrogens with zero attached hydrogens (tertiary/aromatic N) is 3. The zero-order valence-corrected chi connectivity index (χ0v) is 8.97. The minimum absolute atomic E-state index is 0.653. The Hall–Kier alpha value is -1.47. The van der Waals surface area contributed by atoms with Crippen molar-refractivity contribution < 1.29 is 0 Å². The molecule has 0 bridgehead atoms. The van der Waals surface area contributed by atoms with Crippen molar-refractivity contribution in [1.82, 2.24) is 0 Å². The lowest BCUT2D eigenvalue weighted by Crippen LogP contribution is -1.85. The molecule has 0 radical (unpaired) electrons. The van der Waals surface area contributed by atoms with Gasteiger partial charge in [0.1, 0.15) is 0 Å². The van der Waals surface area contributed by atoms with Crippen LogP contribution in [0.5, 0.6) is 0 Å². The molecule has 0 aliphatic heterocycles.